The van der Waals surface area contributed by atoms with Gasteiger partial charge in [-0.25, -0.2) is 9.37 Å². The van der Waals surface area contributed by atoms with Gasteiger partial charge >= 0.3 is 0 Å². The van der Waals surface area contributed by atoms with E-state index in [1.54, 1.807) is 6.07 Å². The van der Waals surface area contributed by atoms with E-state index in [0.29, 0.717) is 22.9 Å². The Morgan fingerprint density at radius 2 is 2.42 bits per heavy atom. The number of benzene rings is 1. The average Bonchev–Trinajstić information content (AvgIpc) is 2.81. The van der Waals surface area contributed by atoms with Crippen molar-refractivity contribution in [2.75, 3.05) is 13.1 Å². The molecule has 1 aliphatic heterocycles. The number of rotatable bonds is 3. The van der Waals surface area contributed by atoms with Crippen LogP contribution in [-0.2, 0) is 6.42 Å². The highest BCUT2D eigenvalue weighted by atomic mass is 19.1. The molecule has 19 heavy (non-hydrogen) atoms. The Kier molecular flexibility index (Phi) is 3.51. The smallest absolute Gasteiger partial charge is 0.195 e. The third kappa shape index (κ3) is 2.78. The molecule has 2 unspecified atom stereocenters. The molecule has 1 aromatic heterocycles. The number of halogens is 1. The number of oxazole rings is 1. The van der Waals surface area contributed by atoms with Gasteiger partial charge in [-0.2, -0.15) is 0 Å². The second kappa shape index (κ2) is 5.29. The molecule has 1 aliphatic rings. The lowest BCUT2D eigenvalue weighted by molar-refractivity contribution is 0.267. The van der Waals surface area contributed by atoms with Gasteiger partial charge in [0.15, 0.2) is 11.5 Å². The Labute approximate surface area is 112 Å². The molecule has 2 atom stereocenters. The highest BCUT2D eigenvalue weighted by Gasteiger charge is 2.21. The third-order valence-corrected chi connectivity index (χ3v) is 4.03. The number of fused-ring (bicyclic) bond motifs is 1. The van der Waals surface area contributed by atoms with Crippen molar-refractivity contribution >= 4 is 11.1 Å². The van der Waals surface area contributed by atoms with Crippen LogP contribution < -0.4 is 5.32 Å². The first-order chi connectivity index (χ1) is 9.22. The Balaban J connectivity index is 1.73. The number of hydrogen-bond acceptors (Lipinski definition) is 3. The zero-order chi connectivity index (χ0) is 13.2. The minimum Gasteiger partial charge on any atom is -0.441 e. The summed E-state index contributed by atoms with van der Waals surface area (Å²) >= 11 is 0. The summed E-state index contributed by atoms with van der Waals surface area (Å²) in [6.45, 7) is 4.45. The fraction of sp³-hybridized carbons (Fsp3) is 0.533. The van der Waals surface area contributed by atoms with Gasteiger partial charge in [-0.1, -0.05) is 6.92 Å². The highest BCUT2D eigenvalue weighted by molar-refractivity contribution is 5.72. The summed E-state index contributed by atoms with van der Waals surface area (Å²) in [4.78, 5) is 4.38. The summed E-state index contributed by atoms with van der Waals surface area (Å²) in [5.74, 6) is 1.67. The molecule has 2 aromatic rings. The maximum absolute atomic E-state index is 13.1. The van der Waals surface area contributed by atoms with E-state index in [2.05, 4.69) is 17.2 Å². The van der Waals surface area contributed by atoms with Gasteiger partial charge in [0.25, 0.3) is 0 Å². The number of aromatic nitrogens is 1. The van der Waals surface area contributed by atoms with Crippen molar-refractivity contribution in [3.8, 4) is 0 Å². The van der Waals surface area contributed by atoms with E-state index in [1.807, 2.05) is 0 Å². The fourth-order valence-electron chi connectivity index (χ4n) is 2.84. The van der Waals surface area contributed by atoms with Crippen LogP contribution in [-0.4, -0.2) is 18.1 Å². The summed E-state index contributed by atoms with van der Waals surface area (Å²) in [5.41, 5.74) is 1.29. The molecule has 0 aliphatic carbocycles. The van der Waals surface area contributed by atoms with Gasteiger partial charge < -0.3 is 9.73 Å². The number of nitrogens with one attached hydrogen (secondary N) is 1. The summed E-state index contributed by atoms with van der Waals surface area (Å²) in [7, 11) is 0. The third-order valence-electron chi connectivity index (χ3n) is 4.03. The summed E-state index contributed by atoms with van der Waals surface area (Å²) < 4.78 is 18.8. The van der Waals surface area contributed by atoms with E-state index in [4.69, 9.17) is 4.42 Å². The van der Waals surface area contributed by atoms with Crippen molar-refractivity contribution in [2.24, 2.45) is 11.8 Å². The van der Waals surface area contributed by atoms with Crippen molar-refractivity contribution in [1.82, 2.24) is 10.3 Å². The summed E-state index contributed by atoms with van der Waals surface area (Å²) in [6.07, 6.45) is 3.33. The molecular formula is C15H19FN2O. The molecule has 102 valence electrons. The highest BCUT2D eigenvalue weighted by Crippen LogP contribution is 2.25. The van der Waals surface area contributed by atoms with Crippen LogP contribution in [0.1, 0.15) is 25.7 Å². The Bertz CT molecular complexity index is 560. The molecule has 1 N–H and O–H groups in total. The van der Waals surface area contributed by atoms with Crippen molar-refractivity contribution < 1.29 is 8.81 Å². The van der Waals surface area contributed by atoms with Gasteiger partial charge in [-0.3, -0.25) is 0 Å². The molecule has 3 nitrogen and oxygen atoms in total. The van der Waals surface area contributed by atoms with Crippen LogP contribution >= 0.6 is 0 Å². The Morgan fingerprint density at radius 1 is 1.53 bits per heavy atom. The predicted octanol–water partition coefficient (Wildman–Crippen LogP) is 3.15. The van der Waals surface area contributed by atoms with E-state index < -0.39 is 0 Å². The second-order valence-electron chi connectivity index (χ2n) is 5.51. The minimum absolute atomic E-state index is 0.267. The molecule has 3 rings (SSSR count). The quantitative estimate of drug-likeness (QED) is 0.923. The number of nitrogens with zero attached hydrogens (tertiary/aromatic N) is 1. The maximum Gasteiger partial charge on any atom is 0.195 e. The molecule has 4 heteroatoms. The topological polar surface area (TPSA) is 38.1 Å². The largest absolute Gasteiger partial charge is 0.441 e. The van der Waals surface area contributed by atoms with E-state index in [0.717, 1.165) is 25.4 Å². The van der Waals surface area contributed by atoms with E-state index in [-0.39, 0.29) is 5.82 Å². The van der Waals surface area contributed by atoms with Crippen molar-refractivity contribution in [1.29, 1.82) is 0 Å². The lowest BCUT2D eigenvalue weighted by Crippen LogP contribution is -2.33. The first-order valence-electron chi connectivity index (χ1n) is 6.98. The van der Waals surface area contributed by atoms with E-state index in [9.17, 15) is 4.39 Å². The van der Waals surface area contributed by atoms with Crippen LogP contribution in [0.25, 0.3) is 11.1 Å². The van der Waals surface area contributed by atoms with Gasteiger partial charge in [0.2, 0.25) is 0 Å². The van der Waals surface area contributed by atoms with Crippen LogP contribution in [0.3, 0.4) is 0 Å². The molecule has 1 saturated heterocycles. The zero-order valence-electron chi connectivity index (χ0n) is 11.2. The van der Waals surface area contributed by atoms with Crippen LogP contribution in [0.5, 0.6) is 0 Å². The van der Waals surface area contributed by atoms with Crippen molar-refractivity contribution in [3.05, 3.63) is 29.9 Å². The van der Waals surface area contributed by atoms with Crippen LogP contribution in [0.2, 0.25) is 0 Å². The lowest BCUT2D eigenvalue weighted by Gasteiger charge is -2.27. The molecule has 0 amide bonds. The van der Waals surface area contributed by atoms with Crippen molar-refractivity contribution in [3.63, 3.8) is 0 Å². The van der Waals surface area contributed by atoms with Gasteiger partial charge in [0.1, 0.15) is 11.3 Å². The van der Waals surface area contributed by atoms with Gasteiger partial charge in [-0.05, 0) is 49.9 Å². The molecule has 1 fully saturated rings. The molecule has 0 saturated carbocycles. The lowest BCUT2D eigenvalue weighted by atomic mass is 9.85. The van der Waals surface area contributed by atoms with Gasteiger partial charge in [0.05, 0.1) is 0 Å². The molecule has 1 aromatic carbocycles. The fourth-order valence-corrected chi connectivity index (χ4v) is 2.84. The molecule has 0 bridgehead atoms. The summed E-state index contributed by atoms with van der Waals surface area (Å²) in [5, 5.41) is 3.43. The predicted molar refractivity (Wildman–Crippen MR) is 72.4 cm³/mol. The van der Waals surface area contributed by atoms with Crippen LogP contribution in [0.15, 0.2) is 22.6 Å². The molecule has 0 spiro atoms. The minimum atomic E-state index is -0.267. The Morgan fingerprint density at radius 3 is 3.21 bits per heavy atom. The van der Waals surface area contributed by atoms with E-state index in [1.165, 1.54) is 25.0 Å². The van der Waals surface area contributed by atoms with E-state index >= 15 is 0 Å². The van der Waals surface area contributed by atoms with Crippen LogP contribution in [0.4, 0.5) is 4.39 Å². The standard InChI is InChI=1S/C15H19FN2O/c1-10(11-3-2-6-17-9-11)7-15-18-13-8-12(16)4-5-14(13)19-15/h4-5,8,10-11,17H,2-3,6-7,9H2,1H3. The zero-order valence-corrected chi connectivity index (χ0v) is 11.2. The monoisotopic (exact) mass is 262 g/mol. The average molecular weight is 262 g/mol. The Hall–Kier alpha value is -1.42. The molecular weight excluding hydrogens is 243 g/mol. The van der Waals surface area contributed by atoms with Gasteiger partial charge in [0, 0.05) is 12.5 Å². The van der Waals surface area contributed by atoms with Gasteiger partial charge in [-0.15, -0.1) is 0 Å². The first kappa shape index (κ1) is 12.6. The van der Waals surface area contributed by atoms with Crippen LogP contribution in [0, 0.1) is 17.7 Å². The maximum atomic E-state index is 13.1. The first-order valence-corrected chi connectivity index (χ1v) is 6.98. The number of hydrogen-bond donors (Lipinski definition) is 1. The SMILES string of the molecule is CC(Cc1nc2cc(F)ccc2o1)C1CCCNC1. The van der Waals surface area contributed by atoms with Crippen molar-refractivity contribution in [2.45, 2.75) is 26.2 Å². The molecule has 2 heterocycles. The second-order valence-corrected chi connectivity index (χ2v) is 5.51. The molecule has 0 radical (unpaired) electrons. The summed E-state index contributed by atoms with van der Waals surface area (Å²) in [6, 6.07) is 4.48. The normalized spacial score (nSPS) is 21.7. The number of piperidine rings is 1.